The second-order valence-electron chi connectivity index (χ2n) is 10.8. The number of benzene rings is 3. The number of nitrogens with zero attached hydrogens (tertiary/aromatic N) is 1. The molecule has 5 nitrogen and oxygen atoms in total. The van der Waals surface area contributed by atoms with Crippen LogP contribution in [0.5, 0.6) is 0 Å². The van der Waals surface area contributed by atoms with Crippen LogP contribution in [0.25, 0.3) is 0 Å². The summed E-state index contributed by atoms with van der Waals surface area (Å²) in [4.78, 5) is 27.6. The fraction of sp³-hybridized carbons (Fsp3) is 0.355. The third-order valence-corrected chi connectivity index (χ3v) is 7.94. The van der Waals surface area contributed by atoms with Gasteiger partial charge in [-0.25, -0.2) is 4.39 Å². The van der Waals surface area contributed by atoms with Crippen LogP contribution in [-0.2, 0) is 21.9 Å². The van der Waals surface area contributed by atoms with E-state index in [4.69, 9.17) is 4.74 Å². The van der Waals surface area contributed by atoms with Crippen LogP contribution in [0.15, 0.2) is 72.8 Å². The zero-order valence-electron chi connectivity index (χ0n) is 22.8. The smallest absolute Gasteiger partial charge is 0.368 e. The molecule has 0 aliphatic carbocycles. The first-order chi connectivity index (χ1) is 20.2. The predicted molar refractivity (Wildman–Crippen MR) is 141 cm³/mol. The highest BCUT2D eigenvalue weighted by molar-refractivity contribution is 5.94. The molecule has 2 aliphatic rings. The van der Waals surface area contributed by atoms with Gasteiger partial charge in [0.1, 0.15) is 5.82 Å². The second kappa shape index (κ2) is 11.6. The Morgan fingerprint density at radius 3 is 2.12 bits per heavy atom. The Labute approximate surface area is 242 Å². The highest BCUT2D eigenvalue weighted by atomic mass is 19.4. The van der Waals surface area contributed by atoms with Crippen LogP contribution in [0.3, 0.4) is 0 Å². The van der Waals surface area contributed by atoms with Crippen LogP contribution in [0.1, 0.15) is 64.4 Å². The molecule has 43 heavy (non-hydrogen) atoms. The molecule has 2 fully saturated rings. The van der Waals surface area contributed by atoms with E-state index in [1.165, 1.54) is 31.2 Å². The lowest BCUT2D eigenvalue weighted by atomic mass is 9.84. The van der Waals surface area contributed by atoms with Crippen molar-refractivity contribution in [2.45, 2.75) is 62.3 Å². The maximum absolute atomic E-state index is 13.8. The molecule has 2 aliphatic heterocycles. The molecule has 2 saturated heterocycles. The molecule has 5 rings (SSSR count). The van der Waals surface area contributed by atoms with Crippen molar-refractivity contribution < 1.29 is 45.1 Å². The number of amides is 2. The molecule has 0 bridgehead atoms. The van der Waals surface area contributed by atoms with Crippen LogP contribution in [0.4, 0.5) is 30.7 Å². The maximum Gasteiger partial charge on any atom is 0.416 e. The molecule has 3 aromatic rings. The first kappa shape index (κ1) is 30.5. The van der Waals surface area contributed by atoms with E-state index in [0.717, 1.165) is 0 Å². The van der Waals surface area contributed by atoms with Crippen molar-refractivity contribution in [3.63, 3.8) is 0 Å². The minimum Gasteiger partial charge on any atom is -0.368 e. The molecule has 12 heteroatoms. The van der Waals surface area contributed by atoms with Crippen molar-refractivity contribution in [2.24, 2.45) is 0 Å². The Bertz CT molecular complexity index is 1440. The fourth-order valence-corrected chi connectivity index (χ4v) is 5.92. The fourth-order valence-electron chi connectivity index (χ4n) is 5.92. The lowest BCUT2D eigenvalue weighted by molar-refractivity contribution is -0.143. The van der Waals surface area contributed by atoms with E-state index < -0.39 is 59.5 Å². The molecule has 0 spiro atoms. The lowest BCUT2D eigenvalue weighted by Crippen LogP contribution is -2.51. The van der Waals surface area contributed by atoms with Crippen LogP contribution in [0, 0.1) is 5.82 Å². The summed E-state index contributed by atoms with van der Waals surface area (Å²) >= 11 is 0. The highest BCUT2D eigenvalue weighted by Gasteiger charge is 2.49. The van der Waals surface area contributed by atoms with Crippen LogP contribution in [-0.4, -0.2) is 41.4 Å². The first-order valence-electron chi connectivity index (χ1n) is 13.6. The van der Waals surface area contributed by atoms with Crippen molar-refractivity contribution >= 4 is 11.8 Å². The standard InChI is InChI=1S/C31H27F7N2O3/c1-17(20-11-21(30(33,34)35)13-22(12-20)31(36,37)38)43-26-16-40-25(28(26)18-7-9-23(32)10-8-18)14-24(15-27(40)41)39-29(42)19-5-3-2-4-6-19/h2-13,17,24-26,28H,14-16H2,1H3,(H,39,42)/t17-,24?,25+,26+,28+/m1/s1. The number of hydrogen-bond acceptors (Lipinski definition) is 3. The summed E-state index contributed by atoms with van der Waals surface area (Å²) in [5.41, 5.74) is -2.26. The van der Waals surface area contributed by atoms with Gasteiger partial charge in [-0.3, -0.25) is 9.59 Å². The number of alkyl halides is 6. The topological polar surface area (TPSA) is 58.6 Å². The van der Waals surface area contributed by atoms with E-state index >= 15 is 0 Å². The molecule has 3 aromatic carbocycles. The Morgan fingerprint density at radius 2 is 1.53 bits per heavy atom. The summed E-state index contributed by atoms with van der Waals surface area (Å²) in [6.07, 6.45) is -11.8. The molecular weight excluding hydrogens is 581 g/mol. The largest absolute Gasteiger partial charge is 0.416 e. The number of halogens is 7. The number of carbonyl (C=O) groups excluding carboxylic acids is 2. The molecule has 0 aromatic heterocycles. The van der Waals surface area contributed by atoms with Gasteiger partial charge in [-0.1, -0.05) is 30.3 Å². The summed E-state index contributed by atoms with van der Waals surface area (Å²) in [6, 6.07) is 14.1. The van der Waals surface area contributed by atoms with E-state index in [0.29, 0.717) is 29.7 Å². The molecular formula is C31H27F7N2O3. The average molecular weight is 609 g/mol. The molecule has 5 atom stereocenters. The maximum atomic E-state index is 13.8. The lowest BCUT2D eigenvalue weighted by Gasteiger charge is -2.37. The third-order valence-electron chi connectivity index (χ3n) is 7.94. The van der Waals surface area contributed by atoms with Gasteiger partial charge < -0.3 is 15.0 Å². The summed E-state index contributed by atoms with van der Waals surface area (Å²) in [7, 11) is 0. The molecule has 2 heterocycles. The number of hydrogen-bond donors (Lipinski definition) is 1. The van der Waals surface area contributed by atoms with Crippen molar-refractivity contribution in [3.05, 3.63) is 106 Å². The van der Waals surface area contributed by atoms with Gasteiger partial charge in [-0.05, 0) is 66.9 Å². The molecule has 1 N–H and O–H groups in total. The quantitative estimate of drug-likeness (QED) is 0.310. The van der Waals surface area contributed by atoms with Crippen molar-refractivity contribution in [3.8, 4) is 0 Å². The van der Waals surface area contributed by atoms with Gasteiger partial charge in [0.25, 0.3) is 5.91 Å². The minimum atomic E-state index is -5.02. The summed E-state index contributed by atoms with van der Waals surface area (Å²) < 4.78 is 101. The highest BCUT2D eigenvalue weighted by Crippen LogP contribution is 2.44. The monoisotopic (exact) mass is 608 g/mol. The predicted octanol–water partition coefficient (Wildman–Crippen LogP) is 6.90. The molecule has 1 unspecified atom stereocenters. The molecule has 0 radical (unpaired) electrons. The SMILES string of the molecule is C[C@@H](O[C@H]1CN2C(=O)CC(NC(=O)c3ccccc3)C[C@H]2[C@@H]1c1ccc(F)cc1)c1cc(C(F)(F)F)cc(C(F)(F)F)c1. The number of carbonyl (C=O) groups is 2. The van der Waals surface area contributed by atoms with E-state index in [9.17, 15) is 40.3 Å². The second-order valence-corrected chi connectivity index (χ2v) is 10.8. The van der Waals surface area contributed by atoms with Gasteiger partial charge in [0.2, 0.25) is 5.91 Å². The van der Waals surface area contributed by atoms with E-state index in [1.54, 1.807) is 35.2 Å². The van der Waals surface area contributed by atoms with Gasteiger partial charge in [-0.2, -0.15) is 26.3 Å². The van der Waals surface area contributed by atoms with E-state index in [1.807, 2.05) is 0 Å². The minimum absolute atomic E-state index is 0.00391. The van der Waals surface area contributed by atoms with Crippen LogP contribution < -0.4 is 5.32 Å². The molecule has 228 valence electrons. The Morgan fingerprint density at radius 1 is 0.930 bits per heavy atom. The number of rotatable bonds is 6. The number of fused-ring (bicyclic) bond motifs is 1. The van der Waals surface area contributed by atoms with E-state index in [2.05, 4.69) is 5.32 Å². The number of nitrogens with one attached hydrogen (secondary N) is 1. The van der Waals surface area contributed by atoms with Gasteiger partial charge >= 0.3 is 12.4 Å². The Hall–Kier alpha value is -3.93. The molecule has 0 saturated carbocycles. The normalized spacial score (nSPS) is 23.2. The molecule has 2 amide bonds. The summed E-state index contributed by atoms with van der Waals surface area (Å²) in [5.74, 6) is -1.77. The zero-order valence-corrected chi connectivity index (χ0v) is 22.8. The average Bonchev–Trinajstić information content (AvgIpc) is 3.31. The van der Waals surface area contributed by atoms with Gasteiger partial charge in [0, 0.05) is 36.5 Å². The number of piperidine rings is 1. The van der Waals surface area contributed by atoms with Gasteiger partial charge in [-0.15, -0.1) is 0 Å². The summed E-state index contributed by atoms with van der Waals surface area (Å²) in [6.45, 7) is 1.36. The zero-order chi connectivity index (χ0) is 31.1. The van der Waals surface area contributed by atoms with Crippen molar-refractivity contribution in [2.75, 3.05) is 6.54 Å². The van der Waals surface area contributed by atoms with E-state index in [-0.39, 0.29) is 36.4 Å². The van der Waals surface area contributed by atoms with Crippen molar-refractivity contribution in [1.29, 1.82) is 0 Å². The van der Waals surface area contributed by atoms with Crippen LogP contribution >= 0.6 is 0 Å². The number of ether oxygens (including phenoxy) is 1. The van der Waals surface area contributed by atoms with Gasteiger partial charge in [0.05, 0.1) is 23.3 Å². The van der Waals surface area contributed by atoms with Gasteiger partial charge in [0.15, 0.2) is 0 Å². The third kappa shape index (κ3) is 6.69. The first-order valence-corrected chi connectivity index (χ1v) is 13.6. The van der Waals surface area contributed by atoms with Crippen LogP contribution in [0.2, 0.25) is 0 Å². The van der Waals surface area contributed by atoms with Crippen molar-refractivity contribution in [1.82, 2.24) is 10.2 Å². The summed E-state index contributed by atoms with van der Waals surface area (Å²) in [5, 5.41) is 2.88. The Balaban J connectivity index is 1.44. The Kier molecular flexibility index (Phi) is 8.26.